The fourth-order valence-corrected chi connectivity index (χ4v) is 2.28. The molecule has 2 heterocycles. The molecule has 1 saturated heterocycles. The number of halogens is 1. The average molecular weight is 268 g/mol. The summed E-state index contributed by atoms with van der Waals surface area (Å²) in [6, 6.07) is 3.32. The fourth-order valence-electron chi connectivity index (χ4n) is 2.17. The second-order valence-electron chi connectivity index (χ2n) is 4.61. The summed E-state index contributed by atoms with van der Waals surface area (Å²) in [4.78, 5) is 15.7. The third kappa shape index (κ3) is 3.96. The summed E-state index contributed by atoms with van der Waals surface area (Å²) >= 11 is 5.67. The molecule has 1 aromatic rings. The topological polar surface area (TPSA) is 54.0 Å². The van der Waals surface area contributed by atoms with Crippen LogP contribution in [0.2, 0.25) is 5.15 Å². The van der Waals surface area contributed by atoms with Gasteiger partial charge in [0.25, 0.3) is 5.91 Å². The Balaban J connectivity index is 1.72. The molecule has 0 bridgehead atoms. The largest absolute Gasteiger partial charge is 0.352 e. The van der Waals surface area contributed by atoms with Crippen molar-refractivity contribution < 1.29 is 4.79 Å². The highest BCUT2D eigenvalue weighted by Gasteiger charge is 2.13. The SMILES string of the molecule is O=C(NCCC1CCNCC1)c1ccc(Cl)nc1. The minimum Gasteiger partial charge on any atom is -0.352 e. The second-order valence-corrected chi connectivity index (χ2v) is 4.99. The molecule has 1 aromatic heterocycles. The highest BCUT2D eigenvalue weighted by atomic mass is 35.5. The molecule has 1 fully saturated rings. The number of piperidine rings is 1. The normalized spacial score (nSPS) is 16.5. The van der Waals surface area contributed by atoms with E-state index in [1.807, 2.05) is 0 Å². The van der Waals surface area contributed by atoms with E-state index in [0.717, 1.165) is 32.0 Å². The third-order valence-corrected chi connectivity index (χ3v) is 3.51. The van der Waals surface area contributed by atoms with E-state index in [4.69, 9.17) is 11.6 Å². The quantitative estimate of drug-likeness (QED) is 0.819. The standard InChI is InChI=1S/C13H18ClN3O/c14-12-2-1-11(9-17-12)13(18)16-8-5-10-3-6-15-7-4-10/h1-2,9-10,15H,3-8H2,(H,16,18). The number of aromatic nitrogens is 1. The lowest BCUT2D eigenvalue weighted by atomic mass is 9.95. The van der Waals surface area contributed by atoms with E-state index >= 15 is 0 Å². The summed E-state index contributed by atoms with van der Waals surface area (Å²) in [5.74, 6) is 0.656. The number of amides is 1. The van der Waals surface area contributed by atoms with Crippen LogP contribution in [0.15, 0.2) is 18.3 Å². The van der Waals surface area contributed by atoms with Gasteiger partial charge in [0.15, 0.2) is 0 Å². The van der Waals surface area contributed by atoms with Crippen molar-refractivity contribution in [3.8, 4) is 0 Å². The second kappa shape index (κ2) is 6.71. The highest BCUT2D eigenvalue weighted by molar-refractivity contribution is 6.29. The lowest BCUT2D eigenvalue weighted by Crippen LogP contribution is -2.31. The Morgan fingerprint density at radius 2 is 2.22 bits per heavy atom. The van der Waals surface area contributed by atoms with Gasteiger partial charge in [-0.15, -0.1) is 0 Å². The van der Waals surface area contributed by atoms with Gasteiger partial charge in [-0.2, -0.15) is 0 Å². The average Bonchev–Trinajstić information content (AvgIpc) is 2.40. The van der Waals surface area contributed by atoms with E-state index in [2.05, 4.69) is 15.6 Å². The molecule has 0 unspecified atom stereocenters. The molecule has 0 spiro atoms. The van der Waals surface area contributed by atoms with Crippen molar-refractivity contribution in [2.45, 2.75) is 19.3 Å². The van der Waals surface area contributed by atoms with E-state index in [0.29, 0.717) is 10.7 Å². The number of pyridine rings is 1. The summed E-state index contributed by atoms with van der Waals surface area (Å²) in [6.07, 6.45) is 4.97. The molecule has 98 valence electrons. The monoisotopic (exact) mass is 267 g/mol. The van der Waals surface area contributed by atoms with Crippen molar-refractivity contribution in [3.05, 3.63) is 29.0 Å². The van der Waals surface area contributed by atoms with Gasteiger partial charge < -0.3 is 10.6 Å². The van der Waals surface area contributed by atoms with Crippen molar-refractivity contribution in [1.29, 1.82) is 0 Å². The maximum atomic E-state index is 11.8. The molecule has 2 rings (SSSR count). The van der Waals surface area contributed by atoms with Crippen LogP contribution in [0.5, 0.6) is 0 Å². The molecule has 1 amide bonds. The zero-order valence-electron chi connectivity index (χ0n) is 10.3. The van der Waals surface area contributed by atoms with Crippen LogP contribution in [0.1, 0.15) is 29.6 Å². The first-order chi connectivity index (χ1) is 8.75. The zero-order chi connectivity index (χ0) is 12.8. The number of nitrogens with zero attached hydrogens (tertiary/aromatic N) is 1. The Morgan fingerprint density at radius 3 is 2.89 bits per heavy atom. The van der Waals surface area contributed by atoms with Crippen LogP contribution >= 0.6 is 11.6 Å². The molecule has 5 heteroatoms. The van der Waals surface area contributed by atoms with Crippen molar-refractivity contribution >= 4 is 17.5 Å². The van der Waals surface area contributed by atoms with Crippen LogP contribution < -0.4 is 10.6 Å². The van der Waals surface area contributed by atoms with Crippen molar-refractivity contribution in [3.63, 3.8) is 0 Å². The predicted molar refractivity (Wildman–Crippen MR) is 71.8 cm³/mol. The van der Waals surface area contributed by atoms with Gasteiger partial charge in [-0.3, -0.25) is 4.79 Å². The summed E-state index contributed by atoms with van der Waals surface area (Å²) in [5.41, 5.74) is 0.560. The predicted octanol–water partition coefficient (Wildman–Crippen LogP) is 1.85. The maximum absolute atomic E-state index is 11.8. The maximum Gasteiger partial charge on any atom is 0.252 e. The first-order valence-corrected chi connectivity index (χ1v) is 6.74. The highest BCUT2D eigenvalue weighted by Crippen LogP contribution is 2.14. The Hall–Kier alpha value is -1.13. The van der Waals surface area contributed by atoms with Crippen LogP contribution in [0.25, 0.3) is 0 Å². The van der Waals surface area contributed by atoms with Crippen LogP contribution in [0.3, 0.4) is 0 Å². The summed E-state index contributed by atoms with van der Waals surface area (Å²) < 4.78 is 0. The van der Waals surface area contributed by atoms with Crippen molar-refractivity contribution in [2.75, 3.05) is 19.6 Å². The van der Waals surface area contributed by atoms with E-state index in [-0.39, 0.29) is 5.91 Å². The Bertz CT molecular complexity index is 388. The minimum absolute atomic E-state index is 0.0758. The first-order valence-electron chi connectivity index (χ1n) is 6.36. The molecular weight excluding hydrogens is 250 g/mol. The molecule has 0 radical (unpaired) electrons. The molecule has 18 heavy (non-hydrogen) atoms. The van der Waals surface area contributed by atoms with Gasteiger partial charge in [0.05, 0.1) is 5.56 Å². The smallest absolute Gasteiger partial charge is 0.252 e. The van der Waals surface area contributed by atoms with Crippen molar-refractivity contribution in [2.24, 2.45) is 5.92 Å². The molecular formula is C13H18ClN3O. The number of hydrogen-bond acceptors (Lipinski definition) is 3. The molecule has 4 nitrogen and oxygen atoms in total. The van der Waals surface area contributed by atoms with E-state index in [1.165, 1.54) is 19.0 Å². The van der Waals surface area contributed by atoms with Gasteiger partial charge in [0.1, 0.15) is 5.15 Å². The molecule has 2 N–H and O–H groups in total. The van der Waals surface area contributed by atoms with Crippen LogP contribution in [-0.4, -0.2) is 30.5 Å². The molecule has 0 atom stereocenters. The van der Waals surface area contributed by atoms with Gasteiger partial charge in [-0.1, -0.05) is 11.6 Å². The first kappa shape index (κ1) is 13.3. The van der Waals surface area contributed by atoms with Gasteiger partial charge in [0, 0.05) is 12.7 Å². The van der Waals surface area contributed by atoms with Crippen LogP contribution in [0.4, 0.5) is 0 Å². The number of rotatable bonds is 4. The van der Waals surface area contributed by atoms with E-state index < -0.39 is 0 Å². The van der Waals surface area contributed by atoms with E-state index in [9.17, 15) is 4.79 Å². The van der Waals surface area contributed by atoms with Gasteiger partial charge in [-0.05, 0) is 50.4 Å². The van der Waals surface area contributed by atoms with Crippen LogP contribution in [-0.2, 0) is 0 Å². The van der Waals surface area contributed by atoms with Gasteiger partial charge >= 0.3 is 0 Å². The third-order valence-electron chi connectivity index (χ3n) is 3.29. The number of carbonyl (C=O) groups is 1. The summed E-state index contributed by atoms with van der Waals surface area (Å²) in [7, 11) is 0. The number of carbonyl (C=O) groups excluding carboxylic acids is 1. The van der Waals surface area contributed by atoms with Gasteiger partial charge in [-0.25, -0.2) is 4.98 Å². The van der Waals surface area contributed by atoms with Crippen LogP contribution in [0, 0.1) is 5.92 Å². The number of nitrogens with one attached hydrogen (secondary N) is 2. The Kier molecular flexibility index (Phi) is 4.96. The molecule has 0 saturated carbocycles. The van der Waals surface area contributed by atoms with Gasteiger partial charge in [0.2, 0.25) is 0 Å². The molecule has 1 aliphatic rings. The van der Waals surface area contributed by atoms with E-state index in [1.54, 1.807) is 12.1 Å². The summed E-state index contributed by atoms with van der Waals surface area (Å²) in [5, 5.41) is 6.66. The number of hydrogen-bond donors (Lipinski definition) is 2. The summed E-state index contributed by atoms with van der Waals surface area (Å²) in [6.45, 7) is 2.92. The molecule has 0 aromatic carbocycles. The minimum atomic E-state index is -0.0758. The zero-order valence-corrected chi connectivity index (χ0v) is 11.0. The Labute approximate surface area is 112 Å². The molecule has 0 aliphatic carbocycles. The fraction of sp³-hybridized carbons (Fsp3) is 0.538. The Morgan fingerprint density at radius 1 is 1.44 bits per heavy atom. The molecule has 1 aliphatic heterocycles. The lowest BCUT2D eigenvalue weighted by Gasteiger charge is -2.22. The van der Waals surface area contributed by atoms with Crippen molar-refractivity contribution in [1.82, 2.24) is 15.6 Å². The lowest BCUT2D eigenvalue weighted by molar-refractivity contribution is 0.0950.